The molecule has 0 aromatic heterocycles. The van der Waals surface area contributed by atoms with Gasteiger partial charge in [-0.05, 0) is 36.1 Å². The molecule has 0 fully saturated rings. The summed E-state index contributed by atoms with van der Waals surface area (Å²) in [4.78, 5) is 0. The first kappa shape index (κ1) is 10.9. The summed E-state index contributed by atoms with van der Waals surface area (Å²) in [5.74, 6) is -0.263. The minimum absolute atomic E-state index is 0.214. The zero-order chi connectivity index (χ0) is 10.4. The Morgan fingerprint density at radius 2 is 2.21 bits per heavy atom. The quantitative estimate of drug-likeness (QED) is 0.788. The van der Waals surface area contributed by atoms with E-state index in [0.717, 1.165) is 5.56 Å². The number of halogens is 2. The molecule has 0 aliphatic rings. The monoisotopic (exact) mass is 197 g/mol. The second kappa shape index (κ2) is 5.50. The van der Waals surface area contributed by atoms with E-state index in [0.29, 0.717) is 24.7 Å². The molecule has 0 saturated carbocycles. The first-order chi connectivity index (χ1) is 6.76. The van der Waals surface area contributed by atoms with E-state index in [9.17, 15) is 8.78 Å². The Bertz CT molecular complexity index is 321. The van der Waals surface area contributed by atoms with Crippen molar-refractivity contribution in [2.45, 2.75) is 12.8 Å². The van der Waals surface area contributed by atoms with Crippen molar-refractivity contribution in [3.05, 3.63) is 47.5 Å². The van der Waals surface area contributed by atoms with E-state index in [1.54, 1.807) is 6.07 Å². The zero-order valence-corrected chi connectivity index (χ0v) is 7.84. The van der Waals surface area contributed by atoms with Crippen LogP contribution in [0.2, 0.25) is 0 Å². The number of hydrogen-bond acceptors (Lipinski definition) is 1. The molecule has 1 nitrogen and oxygen atoms in total. The maximum absolute atomic E-state index is 12.7. The SMILES string of the molecule is NC/C(=C/F)CCc1cccc(F)c1. The van der Waals surface area contributed by atoms with Gasteiger partial charge in [-0.25, -0.2) is 8.78 Å². The molecule has 0 aliphatic carbocycles. The zero-order valence-electron chi connectivity index (χ0n) is 7.84. The lowest BCUT2D eigenvalue weighted by Gasteiger charge is -2.02. The fourth-order valence-corrected chi connectivity index (χ4v) is 1.20. The van der Waals surface area contributed by atoms with E-state index in [-0.39, 0.29) is 12.4 Å². The molecule has 0 radical (unpaired) electrons. The van der Waals surface area contributed by atoms with Gasteiger partial charge in [-0.2, -0.15) is 0 Å². The van der Waals surface area contributed by atoms with Crippen molar-refractivity contribution in [3.8, 4) is 0 Å². The van der Waals surface area contributed by atoms with Gasteiger partial charge in [-0.15, -0.1) is 0 Å². The Balaban J connectivity index is 2.53. The predicted octanol–water partition coefficient (Wildman–Crippen LogP) is 2.57. The maximum atomic E-state index is 12.7. The van der Waals surface area contributed by atoms with Crippen LogP contribution in [0.25, 0.3) is 0 Å². The van der Waals surface area contributed by atoms with Crippen LogP contribution < -0.4 is 5.73 Å². The lowest BCUT2D eigenvalue weighted by atomic mass is 10.1. The van der Waals surface area contributed by atoms with Crippen LogP contribution in [0.15, 0.2) is 36.2 Å². The lowest BCUT2D eigenvalue weighted by Crippen LogP contribution is -2.03. The van der Waals surface area contributed by atoms with Crippen molar-refractivity contribution in [1.82, 2.24) is 0 Å². The van der Waals surface area contributed by atoms with Crippen LogP contribution in [0.4, 0.5) is 8.78 Å². The second-order valence-electron chi connectivity index (χ2n) is 3.10. The molecule has 0 aliphatic heterocycles. The van der Waals surface area contributed by atoms with Gasteiger partial charge in [-0.3, -0.25) is 0 Å². The predicted molar refractivity (Wildman–Crippen MR) is 53.0 cm³/mol. The third-order valence-corrected chi connectivity index (χ3v) is 2.04. The highest BCUT2D eigenvalue weighted by molar-refractivity contribution is 5.18. The first-order valence-corrected chi connectivity index (χ1v) is 4.49. The van der Waals surface area contributed by atoms with Gasteiger partial charge in [0.05, 0.1) is 6.33 Å². The largest absolute Gasteiger partial charge is 0.327 e. The fraction of sp³-hybridized carbons (Fsp3) is 0.273. The molecule has 0 heterocycles. The first-order valence-electron chi connectivity index (χ1n) is 4.49. The number of aryl methyl sites for hydroxylation is 1. The Morgan fingerprint density at radius 1 is 1.43 bits per heavy atom. The van der Waals surface area contributed by atoms with Crippen molar-refractivity contribution in [2.24, 2.45) is 5.73 Å². The lowest BCUT2D eigenvalue weighted by molar-refractivity contribution is 0.625. The summed E-state index contributed by atoms with van der Waals surface area (Å²) in [7, 11) is 0. The molecular weight excluding hydrogens is 184 g/mol. The Labute approximate surface area is 82.2 Å². The van der Waals surface area contributed by atoms with E-state index in [1.807, 2.05) is 6.07 Å². The summed E-state index contributed by atoms with van der Waals surface area (Å²) < 4.78 is 24.9. The van der Waals surface area contributed by atoms with E-state index in [1.165, 1.54) is 12.1 Å². The molecule has 76 valence electrons. The molecule has 1 aromatic carbocycles. The summed E-state index contributed by atoms with van der Waals surface area (Å²) in [5.41, 5.74) is 6.70. The van der Waals surface area contributed by atoms with Crippen molar-refractivity contribution >= 4 is 0 Å². The van der Waals surface area contributed by atoms with E-state index < -0.39 is 0 Å². The molecular formula is C11H13F2N. The van der Waals surface area contributed by atoms with Crippen LogP contribution in [0.1, 0.15) is 12.0 Å². The number of nitrogens with two attached hydrogens (primary N) is 1. The summed E-state index contributed by atoms with van der Waals surface area (Å²) in [5, 5.41) is 0. The summed E-state index contributed by atoms with van der Waals surface area (Å²) >= 11 is 0. The van der Waals surface area contributed by atoms with Crippen LogP contribution in [-0.4, -0.2) is 6.54 Å². The van der Waals surface area contributed by atoms with Gasteiger partial charge in [0.15, 0.2) is 0 Å². The summed E-state index contributed by atoms with van der Waals surface area (Å²) in [6.45, 7) is 0.214. The molecule has 0 atom stereocenters. The van der Waals surface area contributed by atoms with E-state index in [2.05, 4.69) is 0 Å². The van der Waals surface area contributed by atoms with Gasteiger partial charge in [0.1, 0.15) is 5.82 Å². The highest BCUT2D eigenvalue weighted by Crippen LogP contribution is 2.10. The van der Waals surface area contributed by atoms with E-state index >= 15 is 0 Å². The fourth-order valence-electron chi connectivity index (χ4n) is 1.20. The third-order valence-electron chi connectivity index (χ3n) is 2.04. The molecule has 3 heteroatoms. The Hall–Kier alpha value is -1.22. The third kappa shape index (κ3) is 3.26. The minimum atomic E-state index is -0.263. The molecule has 0 unspecified atom stereocenters. The van der Waals surface area contributed by atoms with Crippen molar-refractivity contribution in [1.29, 1.82) is 0 Å². The van der Waals surface area contributed by atoms with Crippen molar-refractivity contribution in [3.63, 3.8) is 0 Å². The summed E-state index contributed by atoms with van der Waals surface area (Å²) in [6.07, 6.45) is 1.68. The highest BCUT2D eigenvalue weighted by atomic mass is 19.1. The van der Waals surface area contributed by atoms with Gasteiger partial charge in [0.25, 0.3) is 0 Å². The normalized spacial score (nSPS) is 11.8. The Kier molecular flexibility index (Phi) is 4.26. The number of rotatable bonds is 4. The Morgan fingerprint density at radius 3 is 2.79 bits per heavy atom. The smallest absolute Gasteiger partial charge is 0.123 e. The average Bonchev–Trinajstić information content (AvgIpc) is 2.19. The van der Waals surface area contributed by atoms with Crippen molar-refractivity contribution < 1.29 is 8.78 Å². The number of hydrogen-bond donors (Lipinski definition) is 1. The van der Waals surface area contributed by atoms with Crippen LogP contribution in [0, 0.1) is 5.82 Å². The van der Waals surface area contributed by atoms with Crippen LogP contribution in [0.5, 0.6) is 0 Å². The molecule has 14 heavy (non-hydrogen) atoms. The van der Waals surface area contributed by atoms with Crippen molar-refractivity contribution in [2.75, 3.05) is 6.54 Å². The molecule has 0 spiro atoms. The average molecular weight is 197 g/mol. The van der Waals surface area contributed by atoms with Gasteiger partial charge in [-0.1, -0.05) is 12.1 Å². The standard InChI is InChI=1S/C11H13F2N/c12-7-10(8-14)5-4-9-2-1-3-11(13)6-9/h1-3,6-7H,4-5,8,14H2/b10-7+. The minimum Gasteiger partial charge on any atom is -0.327 e. The van der Waals surface area contributed by atoms with Gasteiger partial charge >= 0.3 is 0 Å². The molecule has 0 bridgehead atoms. The molecule has 1 aromatic rings. The van der Waals surface area contributed by atoms with Crippen LogP contribution in [0.3, 0.4) is 0 Å². The van der Waals surface area contributed by atoms with Gasteiger partial charge < -0.3 is 5.73 Å². The topological polar surface area (TPSA) is 26.0 Å². The number of benzene rings is 1. The van der Waals surface area contributed by atoms with Gasteiger partial charge in [0.2, 0.25) is 0 Å². The molecule has 2 N–H and O–H groups in total. The second-order valence-corrected chi connectivity index (χ2v) is 3.10. The van der Waals surface area contributed by atoms with Crippen LogP contribution >= 0.6 is 0 Å². The van der Waals surface area contributed by atoms with Crippen LogP contribution in [-0.2, 0) is 6.42 Å². The van der Waals surface area contributed by atoms with E-state index in [4.69, 9.17) is 5.73 Å². The molecule has 0 saturated heterocycles. The molecule has 1 rings (SSSR count). The maximum Gasteiger partial charge on any atom is 0.123 e. The van der Waals surface area contributed by atoms with Gasteiger partial charge in [0, 0.05) is 6.54 Å². The highest BCUT2D eigenvalue weighted by Gasteiger charge is 1.98. The summed E-state index contributed by atoms with van der Waals surface area (Å²) in [6, 6.07) is 6.30. The molecule has 0 amide bonds.